The Hall–Kier alpha value is -3.15. The highest BCUT2D eigenvalue weighted by atomic mass is 19.1. The van der Waals surface area contributed by atoms with Crippen LogP contribution in [-0.2, 0) is 0 Å². The molecule has 0 N–H and O–H groups in total. The molecule has 3 aliphatic carbocycles. The minimum Gasteiger partial charge on any atom is -0.490 e. The third-order valence-corrected chi connectivity index (χ3v) is 8.84. The van der Waals surface area contributed by atoms with E-state index in [1.165, 1.54) is 25.0 Å². The van der Waals surface area contributed by atoms with E-state index in [2.05, 4.69) is 14.8 Å². The molecule has 9 heteroatoms. The van der Waals surface area contributed by atoms with E-state index in [1.54, 1.807) is 6.07 Å². The van der Waals surface area contributed by atoms with Crippen LogP contribution in [0.1, 0.15) is 61.9 Å². The summed E-state index contributed by atoms with van der Waals surface area (Å²) in [5.41, 5.74) is 0.282. The Morgan fingerprint density at radius 2 is 1.89 bits per heavy atom. The van der Waals surface area contributed by atoms with E-state index in [0.29, 0.717) is 29.5 Å². The standard InChI is InChI=1S/C26H29FN6O2/c27-23-4-3-21(5-17(23)10-28)35-22-6-18-11-31(12-19(18)7-22)25(34)32-13-26(14-32)8-20(9-26)33-15-29-24(30-33)16-1-2-16/h3-5,15-16,18-20,22H,1-2,6-9,11-14H2/t18-,19+,22?. The predicted octanol–water partition coefficient (Wildman–Crippen LogP) is 3.71. The van der Waals surface area contributed by atoms with E-state index in [4.69, 9.17) is 10.00 Å². The third kappa shape index (κ3) is 3.65. The molecule has 2 aromatic rings. The lowest BCUT2D eigenvalue weighted by Crippen LogP contribution is -2.65. The van der Waals surface area contributed by atoms with Gasteiger partial charge in [0.1, 0.15) is 24.0 Å². The molecule has 5 fully saturated rings. The van der Waals surface area contributed by atoms with E-state index in [-0.39, 0.29) is 23.1 Å². The SMILES string of the molecule is N#Cc1cc(OC2C[C@@H]3CN(C(=O)N4CC5(CC(n6cnc(C7CC7)n6)C5)C4)C[C@@H]3C2)ccc1F. The van der Waals surface area contributed by atoms with Gasteiger partial charge in [-0.2, -0.15) is 10.4 Å². The molecule has 35 heavy (non-hydrogen) atoms. The highest BCUT2D eigenvalue weighted by Gasteiger charge is 2.56. The van der Waals surface area contributed by atoms with Crippen LogP contribution in [0.5, 0.6) is 5.75 Å². The van der Waals surface area contributed by atoms with Gasteiger partial charge < -0.3 is 14.5 Å². The van der Waals surface area contributed by atoms with E-state index in [9.17, 15) is 9.18 Å². The lowest BCUT2D eigenvalue weighted by molar-refractivity contribution is -0.0735. The number of carbonyl (C=O) groups is 1. The van der Waals surface area contributed by atoms with Crippen molar-refractivity contribution < 1.29 is 13.9 Å². The summed E-state index contributed by atoms with van der Waals surface area (Å²) in [6.07, 6.45) is 8.34. The zero-order chi connectivity index (χ0) is 23.7. The van der Waals surface area contributed by atoms with Gasteiger partial charge in [0.15, 0.2) is 5.82 Å². The van der Waals surface area contributed by atoms with Crippen molar-refractivity contribution >= 4 is 6.03 Å². The van der Waals surface area contributed by atoms with Crippen LogP contribution in [0.4, 0.5) is 9.18 Å². The van der Waals surface area contributed by atoms with E-state index >= 15 is 0 Å². The van der Waals surface area contributed by atoms with Gasteiger partial charge in [-0.3, -0.25) is 0 Å². The van der Waals surface area contributed by atoms with Crippen molar-refractivity contribution in [1.82, 2.24) is 24.6 Å². The van der Waals surface area contributed by atoms with Crippen molar-refractivity contribution in [3.05, 3.63) is 41.7 Å². The van der Waals surface area contributed by atoms with E-state index < -0.39 is 5.82 Å². The number of carbonyl (C=O) groups excluding carboxylic acids is 1. The molecule has 3 atom stereocenters. The highest BCUT2D eigenvalue weighted by molar-refractivity contribution is 5.76. The van der Waals surface area contributed by atoms with Gasteiger partial charge in [-0.05, 0) is 62.5 Å². The van der Waals surface area contributed by atoms with Crippen molar-refractivity contribution in [2.75, 3.05) is 26.2 Å². The number of likely N-dealkylation sites (tertiary alicyclic amines) is 2. The number of nitriles is 1. The summed E-state index contributed by atoms with van der Waals surface area (Å²) >= 11 is 0. The number of amides is 2. The van der Waals surface area contributed by atoms with Gasteiger partial charge in [-0.25, -0.2) is 18.9 Å². The van der Waals surface area contributed by atoms with Gasteiger partial charge in [0.2, 0.25) is 0 Å². The maximum absolute atomic E-state index is 13.6. The Morgan fingerprint density at radius 1 is 1.14 bits per heavy atom. The molecule has 3 saturated carbocycles. The van der Waals surface area contributed by atoms with Gasteiger partial charge in [0.05, 0.1) is 17.7 Å². The second kappa shape index (κ2) is 7.67. The first-order valence-corrected chi connectivity index (χ1v) is 12.8. The first-order valence-electron chi connectivity index (χ1n) is 12.8. The molecule has 5 aliphatic rings. The molecule has 2 saturated heterocycles. The number of ether oxygens (including phenoxy) is 1. The van der Waals surface area contributed by atoms with Crippen LogP contribution < -0.4 is 4.74 Å². The fourth-order valence-corrected chi connectivity index (χ4v) is 6.83. The van der Waals surface area contributed by atoms with Crippen molar-refractivity contribution in [3.63, 3.8) is 0 Å². The number of nitrogens with zero attached hydrogens (tertiary/aromatic N) is 6. The number of hydrogen-bond donors (Lipinski definition) is 0. The maximum Gasteiger partial charge on any atom is 0.320 e. The number of halogens is 1. The van der Waals surface area contributed by atoms with Crippen LogP contribution in [0.2, 0.25) is 0 Å². The number of benzene rings is 1. The van der Waals surface area contributed by atoms with Gasteiger partial charge in [0, 0.05) is 43.6 Å². The van der Waals surface area contributed by atoms with Crippen LogP contribution in [0.15, 0.2) is 24.5 Å². The Kier molecular flexibility index (Phi) is 4.64. The van der Waals surface area contributed by atoms with E-state index in [0.717, 1.165) is 57.7 Å². The summed E-state index contributed by atoms with van der Waals surface area (Å²) < 4.78 is 21.7. The Labute approximate surface area is 203 Å². The van der Waals surface area contributed by atoms with Gasteiger partial charge >= 0.3 is 6.03 Å². The average molecular weight is 477 g/mol. The summed E-state index contributed by atoms with van der Waals surface area (Å²) in [6, 6.07) is 6.81. The van der Waals surface area contributed by atoms with Gasteiger partial charge in [0.25, 0.3) is 0 Å². The van der Waals surface area contributed by atoms with Crippen LogP contribution in [0.25, 0.3) is 0 Å². The number of rotatable bonds is 4. The number of hydrogen-bond acceptors (Lipinski definition) is 5. The molecule has 0 radical (unpaired) electrons. The number of fused-ring (bicyclic) bond motifs is 1. The third-order valence-electron chi connectivity index (χ3n) is 8.84. The number of aromatic nitrogens is 3. The summed E-state index contributed by atoms with van der Waals surface area (Å²) in [5, 5.41) is 13.7. The lowest BCUT2D eigenvalue weighted by Gasteiger charge is -2.59. The highest BCUT2D eigenvalue weighted by Crippen LogP contribution is 2.54. The first kappa shape index (κ1) is 21.2. The largest absolute Gasteiger partial charge is 0.490 e. The molecule has 1 spiro atoms. The van der Waals surface area contributed by atoms with Crippen molar-refractivity contribution in [2.45, 2.75) is 56.6 Å². The zero-order valence-electron chi connectivity index (χ0n) is 19.6. The molecule has 1 aromatic heterocycles. The smallest absolute Gasteiger partial charge is 0.320 e. The molecule has 0 bridgehead atoms. The molecule has 8 nitrogen and oxygen atoms in total. The average Bonchev–Trinajstić information content (AvgIpc) is 3.21. The first-order chi connectivity index (χ1) is 17.0. The zero-order valence-corrected chi connectivity index (χ0v) is 19.6. The van der Waals surface area contributed by atoms with Crippen LogP contribution >= 0.6 is 0 Å². The predicted molar refractivity (Wildman–Crippen MR) is 123 cm³/mol. The summed E-state index contributed by atoms with van der Waals surface area (Å²) in [6.45, 7) is 3.28. The van der Waals surface area contributed by atoms with Crippen LogP contribution in [0, 0.1) is 34.4 Å². The molecular formula is C26H29FN6O2. The molecule has 2 aliphatic heterocycles. The quantitative estimate of drug-likeness (QED) is 0.671. The van der Waals surface area contributed by atoms with Crippen LogP contribution in [0.3, 0.4) is 0 Å². The molecule has 1 unspecified atom stereocenters. The number of urea groups is 1. The normalized spacial score (nSPS) is 29.0. The maximum atomic E-state index is 13.6. The second-order valence-corrected chi connectivity index (χ2v) is 11.4. The molecule has 2 amide bonds. The summed E-state index contributed by atoms with van der Waals surface area (Å²) in [4.78, 5) is 21.7. The minimum atomic E-state index is -0.524. The summed E-state index contributed by atoms with van der Waals surface area (Å²) in [5.74, 6) is 2.49. The Bertz CT molecular complexity index is 1190. The molecule has 1 aromatic carbocycles. The molecule has 182 valence electrons. The van der Waals surface area contributed by atoms with Crippen molar-refractivity contribution in [3.8, 4) is 11.8 Å². The lowest BCUT2D eigenvalue weighted by atomic mass is 9.61. The second-order valence-electron chi connectivity index (χ2n) is 11.4. The molecular weight excluding hydrogens is 447 g/mol. The topological polar surface area (TPSA) is 87.3 Å². The monoisotopic (exact) mass is 476 g/mol. The van der Waals surface area contributed by atoms with E-state index in [1.807, 2.05) is 22.2 Å². The fourth-order valence-electron chi connectivity index (χ4n) is 6.83. The van der Waals surface area contributed by atoms with Crippen LogP contribution in [-0.4, -0.2) is 62.9 Å². The molecule has 3 heterocycles. The Balaban J connectivity index is 0.882. The Morgan fingerprint density at radius 3 is 2.57 bits per heavy atom. The van der Waals surface area contributed by atoms with Crippen molar-refractivity contribution in [2.24, 2.45) is 17.3 Å². The molecule has 7 rings (SSSR count). The van der Waals surface area contributed by atoms with Gasteiger partial charge in [-0.1, -0.05) is 0 Å². The fraction of sp³-hybridized carbons (Fsp3) is 0.615. The van der Waals surface area contributed by atoms with Crippen molar-refractivity contribution in [1.29, 1.82) is 5.26 Å². The summed E-state index contributed by atoms with van der Waals surface area (Å²) in [7, 11) is 0. The van der Waals surface area contributed by atoms with Gasteiger partial charge in [-0.15, -0.1) is 0 Å². The minimum absolute atomic E-state index is 0.00636.